The molecule has 0 unspecified atom stereocenters. The second-order valence-electron chi connectivity index (χ2n) is 8.50. The van der Waals surface area contributed by atoms with Crippen LogP contribution in [-0.2, 0) is 11.8 Å². The summed E-state index contributed by atoms with van der Waals surface area (Å²) in [7, 11) is 0. The largest absolute Gasteiger partial charge is 0.460 e. The Balaban J connectivity index is 1.89. The minimum Gasteiger partial charge on any atom is -0.460 e. The average Bonchev–Trinajstić information content (AvgIpc) is 3.09. The van der Waals surface area contributed by atoms with Crippen LogP contribution in [0, 0.1) is 0 Å². The maximum absolute atomic E-state index is 12.9. The molecule has 1 heterocycles. The van der Waals surface area contributed by atoms with Gasteiger partial charge in [0.05, 0.1) is 6.10 Å². The van der Waals surface area contributed by atoms with Gasteiger partial charge in [0.25, 0.3) is 0 Å². The first kappa shape index (κ1) is 20.8. The van der Waals surface area contributed by atoms with E-state index in [-0.39, 0.29) is 23.4 Å². The molecule has 0 bridgehead atoms. The predicted molar refractivity (Wildman–Crippen MR) is 115 cm³/mol. The molecule has 29 heavy (non-hydrogen) atoms. The lowest BCUT2D eigenvalue weighted by atomic mass is 9.87. The second kappa shape index (κ2) is 8.60. The zero-order valence-corrected chi connectivity index (χ0v) is 17.8. The molecule has 5 heteroatoms. The topological polar surface area (TPSA) is 57.0 Å². The van der Waals surface area contributed by atoms with Crippen molar-refractivity contribution in [1.29, 1.82) is 0 Å². The third-order valence-electron chi connectivity index (χ3n) is 4.64. The number of aromatic nitrogens is 3. The monoisotopic (exact) mass is 391 g/mol. The van der Waals surface area contributed by atoms with Crippen LogP contribution in [0.2, 0.25) is 0 Å². The maximum Gasteiger partial charge on any atom is 0.336 e. The van der Waals surface area contributed by atoms with E-state index in [0.717, 1.165) is 11.1 Å². The number of aryl methyl sites for hydroxylation is 1. The molecule has 0 spiro atoms. The van der Waals surface area contributed by atoms with Gasteiger partial charge >= 0.3 is 6.01 Å². The molecule has 0 fully saturated rings. The molecule has 152 valence electrons. The number of carbonyl (C=O) groups is 1. The van der Waals surface area contributed by atoms with Crippen LogP contribution in [0.25, 0.3) is 11.4 Å². The Kier molecular flexibility index (Phi) is 6.16. The summed E-state index contributed by atoms with van der Waals surface area (Å²) in [6.07, 6.45) is 0.936. The highest BCUT2D eigenvalue weighted by molar-refractivity contribution is 5.82. The number of nitrogens with zero attached hydrogens (tertiary/aromatic N) is 3. The Morgan fingerprint density at radius 2 is 1.69 bits per heavy atom. The first-order chi connectivity index (χ1) is 13.7. The van der Waals surface area contributed by atoms with Crippen LogP contribution in [0.3, 0.4) is 0 Å². The number of ether oxygens (including phenoxy) is 1. The van der Waals surface area contributed by atoms with Crippen LogP contribution in [-0.4, -0.2) is 26.8 Å². The Morgan fingerprint density at radius 3 is 2.28 bits per heavy atom. The molecule has 5 nitrogen and oxygen atoms in total. The van der Waals surface area contributed by atoms with Crippen molar-refractivity contribution < 1.29 is 9.53 Å². The number of hydrogen-bond acceptors (Lipinski definition) is 4. The van der Waals surface area contributed by atoms with Crippen LogP contribution in [0.1, 0.15) is 57.0 Å². The molecular formula is C24H29N3O2. The summed E-state index contributed by atoms with van der Waals surface area (Å²) in [5.74, 6) is 0.411. The van der Waals surface area contributed by atoms with Crippen LogP contribution < -0.4 is 4.74 Å². The minimum absolute atomic E-state index is 0.0591. The van der Waals surface area contributed by atoms with E-state index in [1.807, 2.05) is 56.3 Å². The molecule has 3 aromatic rings. The first-order valence-electron chi connectivity index (χ1n) is 10.1. The van der Waals surface area contributed by atoms with Gasteiger partial charge in [-0.15, -0.1) is 5.10 Å². The van der Waals surface area contributed by atoms with E-state index in [0.29, 0.717) is 18.7 Å². The van der Waals surface area contributed by atoms with Gasteiger partial charge in [0.1, 0.15) is 0 Å². The van der Waals surface area contributed by atoms with Gasteiger partial charge in [-0.1, -0.05) is 75.4 Å². The van der Waals surface area contributed by atoms with Crippen molar-refractivity contribution in [1.82, 2.24) is 14.8 Å². The van der Waals surface area contributed by atoms with Gasteiger partial charge in [-0.2, -0.15) is 9.67 Å². The smallest absolute Gasteiger partial charge is 0.336 e. The lowest BCUT2D eigenvalue weighted by molar-refractivity contribution is 0.0885. The van der Waals surface area contributed by atoms with Gasteiger partial charge in [0, 0.05) is 12.0 Å². The number of rotatable bonds is 6. The zero-order chi connectivity index (χ0) is 21.0. The van der Waals surface area contributed by atoms with Crippen molar-refractivity contribution in [3.05, 3.63) is 65.7 Å². The zero-order valence-electron chi connectivity index (χ0n) is 17.8. The van der Waals surface area contributed by atoms with Crippen molar-refractivity contribution in [2.75, 3.05) is 0 Å². The van der Waals surface area contributed by atoms with E-state index >= 15 is 0 Å². The first-order valence-corrected chi connectivity index (χ1v) is 10.1. The van der Waals surface area contributed by atoms with Crippen molar-refractivity contribution in [2.24, 2.45) is 0 Å². The van der Waals surface area contributed by atoms with E-state index in [9.17, 15) is 4.79 Å². The van der Waals surface area contributed by atoms with E-state index in [4.69, 9.17) is 4.74 Å². The van der Waals surface area contributed by atoms with Gasteiger partial charge in [-0.25, -0.2) is 0 Å². The fourth-order valence-electron chi connectivity index (χ4n) is 3.04. The molecule has 1 aromatic heterocycles. The Hall–Kier alpha value is -2.95. The van der Waals surface area contributed by atoms with Crippen molar-refractivity contribution >= 4 is 5.91 Å². The summed E-state index contributed by atoms with van der Waals surface area (Å²) < 4.78 is 7.03. The standard InChI is InChI=1S/C24H29N3O2/c1-17(2)29-23-25-22(19-12-14-20(15-13-19)24(3,4)5)27(26-23)21(28)16-11-18-9-7-6-8-10-18/h6-10,12-15,17H,11,16H2,1-5H3. The molecule has 0 aliphatic carbocycles. The summed E-state index contributed by atoms with van der Waals surface area (Å²) >= 11 is 0. The molecule has 0 saturated heterocycles. The third-order valence-corrected chi connectivity index (χ3v) is 4.64. The molecule has 0 aliphatic rings. The fraction of sp³-hybridized carbons (Fsp3) is 0.375. The second-order valence-corrected chi connectivity index (χ2v) is 8.50. The molecule has 0 aliphatic heterocycles. The lowest BCUT2D eigenvalue weighted by Crippen LogP contribution is -2.15. The summed E-state index contributed by atoms with van der Waals surface area (Å²) in [6.45, 7) is 10.3. The molecular weight excluding hydrogens is 362 g/mol. The SMILES string of the molecule is CC(C)Oc1nc(-c2ccc(C(C)(C)C)cc2)n(C(=O)CCc2ccccc2)n1. The maximum atomic E-state index is 12.9. The highest BCUT2D eigenvalue weighted by atomic mass is 16.5. The Morgan fingerprint density at radius 1 is 1.03 bits per heavy atom. The number of carbonyl (C=O) groups excluding carboxylic acids is 1. The van der Waals surface area contributed by atoms with Crippen LogP contribution in [0.5, 0.6) is 6.01 Å². The van der Waals surface area contributed by atoms with E-state index in [1.54, 1.807) is 0 Å². The third kappa shape index (κ3) is 5.31. The average molecular weight is 392 g/mol. The van der Waals surface area contributed by atoms with Gasteiger partial charge in [-0.05, 0) is 36.8 Å². The summed E-state index contributed by atoms with van der Waals surface area (Å²) in [4.78, 5) is 17.4. The fourth-order valence-corrected chi connectivity index (χ4v) is 3.04. The summed E-state index contributed by atoms with van der Waals surface area (Å²) in [5, 5.41) is 4.34. The summed E-state index contributed by atoms with van der Waals surface area (Å²) in [6, 6.07) is 18.3. The molecule has 0 amide bonds. The predicted octanol–water partition coefficient (Wildman–Crippen LogP) is 5.30. The van der Waals surface area contributed by atoms with Crippen LogP contribution >= 0.6 is 0 Å². The van der Waals surface area contributed by atoms with Crippen molar-refractivity contribution in [3.8, 4) is 17.4 Å². The van der Waals surface area contributed by atoms with E-state index in [2.05, 4.69) is 43.0 Å². The van der Waals surface area contributed by atoms with Gasteiger partial charge in [0.2, 0.25) is 5.91 Å². The minimum atomic E-state index is -0.102. The lowest BCUT2D eigenvalue weighted by Gasteiger charge is -2.19. The molecule has 0 radical (unpaired) electrons. The van der Waals surface area contributed by atoms with Gasteiger partial charge < -0.3 is 4.74 Å². The van der Waals surface area contributed by atoms with Crippen LogP contribution in [0.15, 0.2) is 54.6 Å². The normalized spacial score (nSPS) is 11.7. The quantitative estimate of drug-likeness (QED) is 0.572. The summed E-state index contributed by atoms with van der Waals surface area (Å²) in [5.41, 5.74) is 3.25. The number of benzene rings is 2. The number of hydrogen-bond donors (Lipinski definition) is 0. The van der Waals surface area contributed by atoms with Gasteiger partial charge in [-0.3, -0.25) is 4.79 Å². The molecule has 0 atom stereocenters. The Bertz CT molecular complexity index is 952. The van der Waals surface area contributed by atoms with E-state index in [1.165, 1.54) is 10.2 Å². The van der Waals surface area contributed by atoms with Crippen LogP contribution in [0.4, 0.5) is 0 Å². The van der Waals surface area contributed by atoms with Crippen molar-refractivity contribution in [3.63, 3.8) is 0 Å². The highest BCUT2D eigenvalue weighted by Gasteiger charge is 2.20. The van der Waals surface area contributed by atoms with Crippen molar-refractivity contribution in [2.45, 2.75) is 59.0 Å². The molecule has 3 rings (SSSR count). The molecule has 0 N–H and O–H groups in total. The Labute approximate surface area is 172 Å². The van der Waals surface area contributed by atoms with Gasteiger partial charge in [0.15, 0.2) is 5.82 Å². The van der Waals surface area contributed by atoms with E-state index < -0.39 is 0 Å². The molecule has 0 saturated carbocycles. The highest BCUT2D eigenvalue weighted by Crippen LogP contribution is 2.26. The molecule has 2 aromatic carbocycles.